The third kappa shape index (κ3) is 3.76. The van der Waals surface area contributed by atoms with Crippen LogP contribution in [-0.2, 0) is 4.74 Å². The first-order valence-corrected chi connectivity index (χ1v) is 5.87. The van der Waals surface area contributed by atoms with Gasteiger partial charge in [0.15, 0.2) is 0 Å². The van der Waals surface area contributed by atoms with Crippen LogP contribution in [0.1, 0.15) is 40.5 Å². The number of nitrogens with one attached hydrogen (secondary N) is 1. The zero-order valence-corrected chi connectivity index (χ0v) is 10.4. The Hall–Kier alpha value is 0.210. The average Bonchev–Trinajstić information content (AvgIpc) is 2.43. The highest BCUT2D eigenvalue weighted by molar-refractivity contribution is 6.18. The summed E-state index contributed by atoms with van der Waals surface area (Å²) >= 11 is 5.83. The van der Waals surface area contributed by atoms with E-state index in [-0.39, 0.29) is 11.1 Å². The Morgan fingerprint density at radius 3 is 2.57 bits per heavy atom. The second-order valence-electron chi connectivity index (χ2n) is 5.44. The standard InChI is InChI=1S/C11H22ClNO/c1-10(2,8-12)13-7-9-5-6-11(3,4)14-9/h9,13H,5-8H2,1-4H3. The molecule has 1 rings (SSSR count). The van der Waals surface area contributed by atoms with E-state index in [4.69, 9.17) is 16.3 Å². The summed E-state index contributed by atoms with van der Waals surface area (Å²) in [6.45, 7) is 9.43. The van der Waals surface area contributed by atoms with Crippen molar-refractivity contribution in [2.45, 2.75) is 57.8 Å². The van der Waals surface area contributed by atoms with E-state index in [1.165, 1.54) is 0 Å². The molecule has 1 atom stereocenters. The summed E-state index contributed by atoms with van der Waals surface area (Å²) in [4.78, 5) is 0. The van der Waals surface area contributed by atoms with Crippen LogP contribution in [0.5, 0.6) is 0 Å². The molecule has 84 valence electrons. The molecule has 1 unspecified atom stereocenters. The van der Waals surface area contributed by atoms with Crippen molar-refractivity contribution in [3.05, 3.63) is 0 Å². The molecule has 1 N–H and O–H groups in total. The largest absolute Gasteiger partial charge is 0.371 e. The van der Waals surface area contributed by atoms with Gasteiger partial charge in [-0.3, -0.25) is 0 Å². The molecular formula is C11H22ClNO. The fraction of sp³-hybridized carbons (Fsp3) is 1.00. The van der Waals surface area contributed by atoms with Crippen molar-refractivity contribution in [3.63, 3.8) is 0 Å². The molecule has 1 saturated heterocycles. The Bertz CT molecular complexity index is 192. The molecule has 0 radical (unpaired) electrons. The Labute approximate surface area is 92.3 Å². The van der Waals surface area contributed by atoms with Gasteiger partial charge in [0.05, 0.1) is 11.7 Å². The van der Waals surface area contributed by atoms with Gasteiger partial charge < -0.3 is 10.1 Å². The summed E-state index contributed by atoms with van der Waals surface area (Å²) in [5, 5.41) is 3.43. The lowest BCUT2D eigenvalue weighted by Crippen LogP contribution is -2.45. The number of halogens is 1. The van der Waals surface area contributed by atoms with Crippen LogP contribution in [0.15, 0.2) is 0 Å². The van der Waals surface area contributed by atoms with Crippen molar-refractivity contribution < 1.29 is 4.74 Å². The minimum absolute atomic E-state index is 0.0116. The van der Waals surface area contributed by atoms with Crippen LogP contribution in [0.4, 0.5) is 0 Å². The van der Waals surface area contributed by atoms with Crippen molar-refractivity contribution >= 4 is 11.6 Å². The topological polar surface area (TPSA) is 21.3 Å². The molecule has 0 spiro atoms. The van der Waals surface area contributed by atoms with Gasteiger partial charge in [-0.25, -0.2) is 0 Å². The summed E-state index contributed by atoms with van der Waals surface area (Å²) in [5.41, 5.74) is 0.0785. The van der Waals surface area contributed by atoms with E-state index >= 15 is 0 Å². The minimum atomic E-state index is 0.0116. The van der Waals surface area contributed by atoms with Gasteiger partial charge in [-0.05, 0) is 40.5 Å². The molecule has 0 saturated carbocycles. The van der Waals surface area contributed by atoms with Crippen molar-refractivity contribution in [1.29, 1.82) is 0 Å². The van der Waals surface area contributed by atoms with E-state index in [9.17, 15) is 0 Å². The first-order valence-electron chi connectivity index (χ1n) is 5.33. The molecule has 2 nitrogen and oxygen atoms in total. The smallest absolute Gasteiger partial charge is 0.0708 e. The van der Waals surface area contributed by atoms with Gasteiger partial charge in [0.1, 0.15) is 0 Å². The van der Waals surface area contributed by atoms with Crippen LogP contribution in [0.3, 0.4) is 0 Å². The summed E-state index contributed by atoms with van der Waals surface area (Å²) in [6, 6.07) is 0. The van der Waals surface area contributed by atoms with Crippen molar-refractivity contribution in [2.75, 3.05) is 12.4 Å². The van der Waals surface area contributed by atoms with Gasteiger partial charge in [0.25, 0.3) is 0 Å². The van der Waals surface area contributed by atoms with Crippen LogP contribution < -0.4 is 5.32 Å². The zero-order chi connectivity index (χ0) is 10.8. The summed E-state index contributed by atoms with van der Waals surface area (Å²) < 4.78 is 5.88. The molecule has 1 heterocycles. The Kier molecular flexibility index (Phi) is 3.84. The number of alkyl halides is 1. The Balaban J connectivity index is 2.27. The first kappa shape index (κ1) is 12.3. The van der Waals surface area contributed by atoms with E-state index < -0.39 is 0 Å². The third-order valence-corrected chi connectivity index (χ3v) is 3.36. The maximum Gasteiger partial charge on any atom is 0.0708 e. The number of ether oxygens (including phenoxy) is 1. The molecule has 1 aliphatic rings. The van der Waals surface area contributed by atoms with E-state index in [2.05, 4.69) is 33.0 Å². The van der Waals surface area contributed by atoms with Crippen LogP contribution >= 0.6 is 11.6 Å². The molecule has 0 bridgehead atoms. The van der Waals surface area contributed by atoms with Crippen LogP contribution in [0, 0.1) is 0 Å². The van der Waals surface area contributed by atoms with Gasteiger partial charge in [-0.1, -0.05) is 0 Å². The maximum absolute atomic E-state index is 5.88. The number of rotatable bonds is 4. The van der Waals surface area contributed by atoms with Crippen LogP contribution in [-0.4, -0.2) is 29.7 Å². The summed E-state index contributed by atoms with van der Waals surface area (Å²) in [6.07, 6.45) is 2.66. The fourth-order valence-corrected chi connectivity index (χ4v) is 1.75. The van der Waals surface area contributed by atoms with E-state index in [0.717, 1.165) is 19.4 Å². The molecule has 1 fully saturated rings. The zero-order valence-electron chi connectivity index (χ0n) is 9.69. The lowest BCUT2D eigenvalue weighted by Gasteiger charge is -2.26. The highest BCUT2D eigenvalue weighted by atomic mass is 35.5. The van der Waals surface area contributed by atoms with E-state index in [0.29, 0.717) is 12.0 Å². The molecule has 14 heavy (non-hydrogen) atoms. The first-order chi connectivity index (χ1) is 6.35. The fourth-order valence-electron chi connectivity index (χ4n) is 1.66. The normalized spacial score (nSPS) is 26.8. The predicted octanol–water partition coefficient (Wildman–Crippen LogP) is 2.55. The van der Waals surface area contributed by atoms with Gasteiger partial charge >= 0.3 is 0 Å². The minimum Gasteiger partial charge on any atom is -0.371 e. The lowest BCUT2D eigenvalue weighted by atomic mass is 10.0. The second-order valence-corrected chi connectivity index (χ2v) is 5.70. The maximum atomic E-state index is 5.88. The van der Waals surface area contributed by atoms with Gasteiger partial charge in [-0.2, -0.15) is 0 Å². The highest BCUT2D eigenvalue weighted by Crippen LogP contribution is 2.29. The van der Waals surface area contributed by atoms with E-state index in [1.54, 1.807) is 0 Å². The van der Waals surface area contributed by atoms with Crippen molar-refractivity contribution in [3.8, 4) is 0 Å². The number of hydrogen-bond donors (Lipinski definition) is 1. The SMILES string of the molecule is CC(C)(CCl)NCC1CCC(C)(C)O1. The Morgan fingerprint density at radius 2 is 2.14 bits per heavy atom. The lowest BCUT2D eigenvalue weighted by molar-refractivity contribution is -0.0161. The van der Waals surface area contributed by atoms with Crippen LogP contribution in [0.25, 0.3) is 0 Å². The molecule has 0 aromatic heterocycles. The monoisotopic (exact) mass is 219 g/mol. The second kappa shape index (κ2) is 4.38. The average molecular weight is 220 g/mol. The van der Waals surface area contributed by atoms with Crippen molar-refractivity contribution in [2.24, 2.45) is 0 Å². The number of hydrogen-bond acceptors (Lipinski definition) is 2. The van der Waals surface area contributed by atoms with Gasteiger partial charge in [-0.15, -0.1) is 11.6 Å². The highest BCUT2D eigenvalue weighted by Gasteiger charge is 2.32. The Morgan fingerprint density at radius 1 is 1.50 bits per heavy atom. The van der Waals surface area contributed by atoms with Gasteiger partial charge in [0, 0.05) is 18.0 Å². The molecule has 3 heteroatoms. The predicted molar refractivity (Wildman–Crippen MR) is 61.0 cm³/mol. The molecule has 1 aliphatic heterocycles. The van der Waals surface area contributed by atoms with Crippen molar-refractivity contribution in [1.82, 2.24) is 5.32 Å². The molecule has 0 aliphatic carbocycles. The molecule has 0 aromatic rings. The van der Waals surface area contributed by atoms with Crippen LogP contribution in [0.2, 0.25) is 0 Å². The summed E-state index contributed by atoms with van der Waals surface area (Å²) in [5.74, 6) is 0.628. The van der Waals surface area contributed by atoms with Gasteiger partial charge in [0.2, 0.25) is 0 Å². The third-order valence-electron chi connectivity index (χ3n) is 2.70. The molecule has 0 aromatic carbocycles. The molecule has 0 amide bonds. The van der Waals surface area contributed by atoms with E-state index in [1.807, 2.05) is 0 Å². The molecular weight excluding hydrogens is 198 g/mol. The quantitative estimate of drug-likeness (QED) is 0.734. The summed E-state index contributed by atoms with van der Waals surface area (Å²) in [7, 11) is 0.